The molecule has 6 nitrogen and oxygen atoms in total. The first-order valence-electron chi connectivity index (χ1n) is 8.56. The molecule has 1 aromatic heterocycles. The largest absolute Gasteiger partial charge is 0.486 e. The molecule has 0 unspecified atom stereocenters. The summed E-state index contributed by atoms with van der Waals surface area (Å²) in [6, 6.07) is 11.3. The molecule has 9 heteroatoms. The fourth-order valence-corrected chi connectivity index (χ4v) is 3.69. The van der Waals surface area contributed by atoms with Gasteiger partial charge in [0.15, 0.2) is 11.5 Å². The third-order valence-electron chi connectivity index (χ3n) is 4.10. The van der Waals surface area contributed by atoms with Gasteiger partial charge in [0.2, 0.25) is 0 Å². The summed E-state index contributed by atoms with van der Waals surface area (Å²) in [5, 5.41) is 7.91. The Morgan fingerprint density at radius 2 is 1.55 bits per heavy atom. The molecule has 0 atom stereocenters. The van der Waals surface area contributed by atoms with Crippen LogP contribution in [0.4, 0.5) is 11.4 Å². The third kappa shape index (κ3) is 4.32. The molecule has 1 aliphatic rings. The van der Waals surface area contributed by atoms with E-state index in [-0.39, 0.29) is 5.91 Å². The van der Waals surface area contributed by atoms with Gasteiger partial charge in [-0.25, -0.2) is 0 Å². The SMILES string of the molecule is O=C(Nc1cc2c(cc1Cl)OCCO2)c1ccc(Cl)c(NC(=O)c2cccs2)c1. The molecule has 4 rings (SSSR count). The normalized spacial score (nSPS) is 12.3. The Bertz CT molecular complexity index is 1090. The number of hydrogen-bond acceptors (Lipinski definition) is 5. The van der Waals surface area contributed by atoms with E-state index in [0.29, 0.717) is 56.6 Å². The molecule has 29 heavy (non-hydrogen) atoms. The van der Waals surface area contributed by atoms with Crippen LogP contribution in [-0.2, 0) is 0 Å². The van der Waals surface area contributed by atoms with Crippen molar-refractivity contribution in [3.8, 4) is 11.5 Å². The monoisotopic (exact) mass is 448 g/mol. The summed E-state index contributed by atoms with van der Waals surface area (Å²) >= 11 is 13.7. The number of rotatable bonds is 4. The molecule has 0 saturated carbocycles. The standard InChI is InChI=1S/C20H14Cl2N2O4S/c21-12-4-3-11(8-14(12)24-20(26)18-2-1-7-29-18)19(25)23-15-10-17-16(9-13(15)22)27-5-6-28-17/h1-4,7-10H,5-6H2,(H,23,25)(H,24,26). The van der Waals surface area contributed by atoms with E-state index in [0.717, 1.165) is 0 Å². The second-order valence-electron chi connectivity index (χ2n) is 6.06. The highest BCUT2D eigenvalue weighted by Gasteiger charge is 2.18. The molecule has 2 amide bonds. The number of amides is 2. The molecule has 0 saturated heterocycles. The number of halogens is 2. The van der Waals surface area contributed by atoms with Crippen molar-refractivity contribution in [1.82, 2.24) is 0 Å². The number of benzene rings is 2. The molecule has 0 fully saturated rings. The van der Waals surface area contributed by atoms with Crippen molar-refractivity contribution in [2.45, 2.75) is 0 Å². The Hall–Kier alpha value is -2.74. The van der Waals surface area contributed by atoms with E-state index in [1.807, 2.05) is 0 Å². The van der Waals surface area contributed by atoms with Gasteiger partial charge in [0.05, 0.1) is 26.3 Å². The van der Waals surface area contributed by atoms with Crippen molar-refractivity contribution in [3.63, 3.8) is 0 Å². The molecule has 148 valence electrons. The highest BCUT2D eigenvalue weighted by Crippen LogP contribution is 2.38. The van der Waals surface area contributed by atoms with Gasteiger partial charge in [0, 0.05) is 17.7 Å². The van der Waals surface area contributed by atoms with Crippen LogP contribution in [0.5, 0.6) is 11.5 Å². The van der Waals surface area contributed by atoms with Gasteiger partial charge in [-0.05, 0) is 29.6 Å². The highest BCUT2D eigenvalue weighted by atomic mass is 35.5. The zero-order chi connectivity index (χ0) is 20.4. The van der Waals surface area contributed by atoms with Crippen LogP contribution < -0.4 is 20.1 Å². The molecule has 0 aliphatic carbocycles. The quantitative estimate of drug-likeness (QED) is 0.565. The Morgan fingerprint density at radius 1 is 0.862 bits per heavy atom. The first-order valence-corrected chi connectivity index (χ1v) is 10.2. The minimum Gasteiger partial charge on any atom is -0.486 e. The lowest BCUT2D eigenvalue weighted by atomic mass is 10.1. The highest BCUT2D eigenvalue weighted by molar-refractivity contribution is 7.12. The zero-order valence-electron chi connectivity index (χ0n) is 14.8. The van der Waals surface area contributed by atoms with E-state index in [2.05, 4.69) is 10.6 Å². The van der Waals surface area contributed by atoms with Crippen molar-refractivity contribution in [3.05, 3.63) is 68.3 Å². The Labute approximate surface area is 180 Å². The number of nitrogens with one attached hydrogen (secondary N) is 2. The van der Waals surface area contributed by atoms with Crippen LogP contribution in [0.1, 0.15) is 20.0 Å². The van der Waals surface area contributed by atoms with E-state index >= 15 is 0 Å². The van der Waals surface area contributed by atoms with E-state index in [4.69, 9.17) is 32.7 Å². The van der Waals surface area contributed by atoms with Crippen molar-refractivity contribution in [1.29, 1.82) is 0 Å². The Morgan fingerprint density at radius 3 is 2.28 bits per heavy atom. The van der Waals surface area contributed by atoms with Crippen LogP contribution in [0.15, 0.2) is 47.8 Å². The predicted molar refractivity (Wildman–Crippen MR) is 114 cm³/mol. The molecule has 0 bridgehead atoms. The number of hydrogen-bond donors (Lipinski definition) is 2. The van der Waals surface area contributed by atoms with Gasteiger partial charge in [-0.3, -0.25) is 9.59 Å². The lowest BCUT2D eigenvalue weighted by molar-refractivity contribution is 0.101. The van der Waals surface area contributed by atoms with Crippen molar-refractivity contribution in [2.75, 3.05) is 23.8 Å². The lowest BCUT2D eigenvalue weighted by Crippen LogP contribution is -2.17. The van der Waals surface area contributed by atoms with Gasteiger partial charge in [-0.15, -0.1) is 11.3 Å². The smallest absolute Gasteiger partial charge is 0.265 e. The van der Waals surface area contributed by atoms with E-state index in [1.165, 1.54) is 17.4 Å². The van der Waals surface area contributed by atoms with Crippen molar-refractivity contribution in [2.24, 2.45) is 0 Å². The number of carbonyl (C=O) groups is 2. The van der Waals surface area contributed by atoms with Gasteiger partial charge >= 0.3 is 0 Å². The predicted octanol–water partition coefficient (Wildman–Crippen LogP) is 5.33. The maximum absolute atomic E-state index is 12.7. The van der Waals surface area contributed by atoms with Gasteiger partial charge in [-0.2, -0.15) is 0 Å². The number of anilines is 2. The molecule has 2 heterocycles. The minimum absolute atomic E-state index is 0.297. The summed E-state index contributed by atoms with van der Waals surface area (Å²) < 4.78 is 11.0. The van der Waals surface area contributed by atoms with Gasteiger partial charge in [-0.1, -0.05) is 29.3 Å². The molecule has 0 radical (unpaired) electrons. The summed E-state index contributed by atoms with van der Waals surface area (Å²) in [5.41, 5.74) is 1.04. The molecular formula is C20H14Cl2N2O4S. The van der Waals surface area contributed by atoms with E-state index < -0.39 is 5.91 Å². The summed E-state index contributed by atoms with van der Waals surface area (Å²) in [7, 11) is 0. The number of ether oxygens (including phenoxy) is 2. The van der Waals surface area contributed by atoms with Gasteiger partial charge < -0.3 is 20.1 Å². The minimum atomic E-state index is -0.410. The maximum Gasteiger partial charge on any atom is 0.265 e. The molecule has 2 aromatic carbocycles. The average molecular weight is 449 g/mol. The summed E-state index contributed by atoms with van der Waals surface area (Å²) in [4.78, 5) is 25.5. The van der Waals surface area contributed by atoms with Crippen LogP contribution in [0.3, 0.4) is 0 Å². The molecular weight excluding hydrogens is 435 g/mol. The summed E-state index contributed by atoms with van der Waals surface area (Å²) in [5.74, 6) is 0.335. The second kappa shape index (κ2) is 8.32. The Kier molecular flexibility index (Phi) is 5.62. The fraction of sp³-hybridized carbons (Fsp3) is 0.100. The second-order valence-corrected chi connectivity index (χ2v) is 7.82. The summed E-state index contributed by atoms with van der Waals surface area (Å²) in [6.07, 6.45) is 0. The van der Waals surface area contributed by atoms with E-state index in [1.54, 1.807) is 41.8 Å². The van der Waals surface area contributed by atoms with Crippen molar-refractivity contribution < 1.29 is 19.1 Å². The van der Waals surface area contributed by atoms with Crippen LogP contribution >= 0.6 is 34.5 Å². The van der Waals surface area contributed by atoms with Crippen LogP contribution in [0.2, 0.25) is 10.0 Å². The van der Waals surface area contributed by atoms with Gasteiger partial charge in [0.25, 0.3) is 11.8 Å². The fourth-order valence-electron chi connectivity index (χ4n) is 2.71. The first kappa shape index (κ1) is 19.6. The number of carbonyl (C=O) groups excluding carboxylic acids is 2. The van der Waals surface area contributed by atoms with Crippen molar-refractivity contribution >= 4 is 57.7 Å². The van der Waals surface area contributed by atoms with Crippen LogP contribution in [-0.4, -0.2) is 25.0 Å². The molecule has 2 N–H and O–H groups in total. The third-order valence-corrected chi connectivity index (χ3v) is 5.61. The van der Waals surface area contributed by atoms with Gasteiger partial charge in [0.1, 0.15) is 13.2 Å². The Balaban J connectivity index is 1.54. The molecule has 1 aliphatic heterocycles. The number of thiophene rings is 1. The van der Waals surface area contributed by atoms with E-state index in [9.17, 15) is 9.59 Å². The lowest BCUT2D eigenvalue weighted by Gasteiger charge is -2.20. The average Bonchev–Trinajstić information content (AvgIpc) is 3.25. The summed E-state index contributed by atoms with van der Waals surface area (Å²) in [6.45, 7) is 0.867. The van der Waals surface area contributed by atoms with Crippen LogP contribution in [0.25, 0.3) is 0 Å². The molecule has 0 spiro atoms. The van der Waals surface area contributed by atoms with Crippen LogP contribution in [0, 0.1) is 0 Å². The topological polar surface area (TPSA) is 76.7 Å². The molecule has 3 aromatic rings. The first-order chi connectivity index (χ1) is 14.0. The number of fused-ring (bicyclic) bond motifs is 1. The maximum atomic E-state index is 12.7. The zero-order valence-corrected chi connectivity index (χ0v) is 17.2.